The topological polar surface area (TPSA) is 25.4 Å². The molecule has 3 heteroatoms. The van der Waals surface area contributed by atoms with Crippen molar-refractivity contribution in [3.63, 3.8) is 0 Å². The van der Waals surface area contributed by atoms with E-state index in [0.29, 0.717) is 5.92 Å². The van der Waals surface area contributed by atoms with E-state index in [2.05, 4.69) is 52.5 Å². The molecule has 2 unspecified atom stereocenters. The fourth-order valence-corrected chi connectivity index (χ4v) is 3.24. The molecule has 0 saturated carbocycles. The molecule has 2 atom stereocenters. The van der Waals surface area contributed by atoms with Crippen LogP contribution in [-0.2, 0) is 17.6 Å². The Morgan fingerprint density at radius 2 is 1.81 bits per heavy atom. The number of ether oxygens (including phenoxy) is 1. The van der Waals surface area contributed by atoms with Crippen LogP contribution in [0, 0.1) is 0 Å². The molecule has 0 bridgehead atoms. The van der Waals surface area contributed by atoms with Crippen molar-refractivity contribution in [1.29, 1.82) is 0 Å². The predicted molar refractivity (Wildman–Crippen MR) is 89.3 cm³/mol. The molecule has 2 rings (SSSR count). The smallest absolute Gasteiger partial charge is 0.132 e. The van der Waals surface area contributed by atoms with Gasteiger partial charge in [-0.25, -0.2) is 4.98 Å². The van der Waals surface area contributed by atoms with E-state index >= 15 is 0 Å². The summed E-state index contributed by atoms with van der Waals surface area (Å²) < 4.78 is 5.88. The molecule has 0 radical (unpaired) electrons. The summed E-state index contributed by atoms with van der Waals surface area (Å²) in [5.41, 5.74) is 4.09. The Labute approximate surface area is 129 Å². The van der Waals surface area contributed by atoms with Crippen LogP contribution in [0.3, 0.4) is 0 Å². The van der Waals surface area contributed by atoms with Gasteiger partial charge in [-0.2, -0.15) is 0 Å². The van der Waals surface area contributed by atoms with Crippen LogP contribution in [0.15, 0.2) is 6.07 Å². The number of nitrogens with zero attached hydrogens (tertiary/aromatic N) is 2. The summed E-state index contributed by atoms with van der Waals surface area (Å²) in [6.45, 7) is 15.1. The number of pyridine rings is 1. The van der Waals surface area contributed by atoms with Crippen LogP contribution in [0.5, 0.6) is 0 Å². The van der Waals surface area contributed by atoms with Crippen molar-refractivity contribution < 1.29 is 4.74 Å². The van der Waals surface area contributed by atoms with Crippen molar-refractivity contribution in [2.24, 2.45) is 0 Å². The van der Waals surface area contributed by atoms with Gasteiger partial charge in [0.15, 0.2) is 0 Å². The number of hydrogen-bond acceptors (Lipinski definition) is 3. The molecule has 0 spiro atoms. The van der Waals surface area contributed by atoms with Gasteiger partial charge >= 0.3 is 0 Å². The largest absolute Gasteiger partial charge is 0.372 e. The molecule has 1 fully saturated rings. The Balaban J connectivity index is 2.46. The van der Waals surface area contributed by atoms with E-state index in [0.717, 1.165) is 25.9 Å². The zero-order valence-corrected chi connectivity index (χ0v) is 14.4. The molecule has 1 aromatic heterocycles. The lowest BCUT2D eigenvalue weighted by Gasteiger charge is -2.37. The molecule has 21 heavy (non-hydrogen) atoms. The molecule has 0 amide bonds. The maximum atomic E-state index is 5.88. The first-order valence-corrected chi connectivity index (χ1v) is 8.39. The standard InChI is InChI=1S/C18H30N2O/c1-7-15-9-17(12(3)4)19-18(16(15)8-2)20-10-13(5)21-14(6)11-20/h9,12-14H,7-8,10-11H2,1-6H3. The molecule has 1 aliphatic heterocycles. The number of hydrogen-bond donors (Lipinski definition) is 0. The number of morpholine rings is 1. The summed E-state index contributed by atoms with van der Waals surface area (Å²) in [6.07, 6.45) is 2.67. The third kappa shape index (κ3) is 3.57. The molecule has 0 N–H and O–H groups in total. The van der Waals surface area contributed by atoms with E-state index in [4.69, 9.17) is 9.72 Å². The highest BCUT2D eigenvalue weighted by Crippen LogP contribution is 2.29. The van der Waals surface area contributed by atoms with E-state index in [9.17, 15) is 0 Å². The minimum absolute atomic E-state index is 0.271. The van der Waals surface area contributed by atoms with Crippen LogP contribution in [0.25, 0.3) is 0 Å². The highest BCUT2D eigenvalue weighted by molar-refractivity contribution is 5.53. The summed E-state index contributed by atoms with van der Waals surface area (Å²) >= 11 is 0. The average Bonchev–Trinajstić information content (AvgIpc) is 2.44. The van der Waals surface area contributed by atoms with Gasteiger partial charge in [-0.15, -0.1) is 0 Å². The van der Waals surface area contributed by atoms with Crippen molar-refractivity contribution in [2.45, 2.75) is 72.5 Å². The Hall–Kier alpha value is -1.09. The molecule has 0 aromatic carbocycles. The summed E-state index contributed by atoms with van der Waals surface area (Å²) in [5.74, 6) is 1.67. The molecule has 2 heterocycles. The average molecular weight is 290 g/mol. The predicted octanol–water partition coefficient (Wildman–Crippen LogP) is 3.94. The second-order valence-electron chi connectivity index (χ2n) is 6.53. The van der Waals surface area contributed by atoms with Gasteiger partial charge in [-0.3, -0.25) is 0 Å². The summed E-state index contributed by atoms with van der Waals surface area (Å²) in [5, 5.41) is 0. The third-order valence-electron chi connectivity index (χ3n) is 4.26. The fourth-order valence-electron chi connectivity index (χ4n) is 3.24. The van der Waals surface area contributed by atoms with Gasteiger partial charge < -0.3 is 9.64 Å². The molecule has 1 saturated heterocycles. The normalized spacial score (nSPS) is 22.9. The lowest BCUT2D eigenvalue weighted by atomic mass is 9.99. The molecular formula is C18H30N2O. The lowest BCUT2D eigenvalue weighted by Crippen LogP contribution is -2.46. The zero-order valence-electron chi connectivity index (χ0n) is 14.4. The zero-order chi connectivity index (χ0) is 15.6. The Kier molecular flexibility index (Phi) is 5.26. The fraction of sp³-hybridized carbons (Fsp3) is 0.722. The maximum Gasteiger partial charge on any atom is 0.132 e. The SMILES string of the molecule is CCc1cc(C(C)C)nc(N2CC(C)OC(C)C2)c1CC. The number of aromatic nitrogens is 1. The van der Waals surface area contributed by atoms with Crippen LogP contribution < -0.4 is 4.90 Å². The molecule has 1 aliphatic rings. The van der Waals surface area contributed by atoms with Gasteiger partial charge in [0.2, 0.25) is 0 Å². The van der Waals surface area contributed by atoms with Crippen molar-refractivity contribution in [3.8, 4) is 0 Å². The summed E-state index contributed by atoms with van der Waals surface area (Å²) in [4.78, 5) is 7.45. The first-order valence-electron chi connectivity index (χ1n) is 8.39. The highest BCUT2D eigenvalue weighted by Gasteiger charge is 2.26. The van der Waals surface area contributed by atoms with E-state index in [1.54, 1.807) is 0 Å². The summed E-state index contributed by atoms with van der Waals surface area (Å²) in [6, 6.07) is 2.31. The van der Waals surface area contributed by atoms with Crippen molar-refractivity contribution >= 4 is 5.82 Å². The lowest BCUT2D eigenvalue weighted by molar-refractivity contribution is -0.00552. The van der Waals surface area contributed by atoms with Crippen molar-refractivity contribution in [3.05, 3.63) is 22.9 Å². The second-order valence-corrected chi connectivity index (χ2v) is 6.53. The van der Waals surface area contributed by atoms with Gasteiger partial charge in [-0.1, -0.05) is 27.7 Å². The number of rotatable bonds is 4. The van der Waals surface area contributed by atoms with Crippen LogP contribution in [-0.4, -0.2) is 30.3 Å². The van der Waals surface area contributed by atoms with Crippen LogP contribution in [0.1, 0.15) is 64.3 Å². The molecular weight excluding hydrogens is 260 g/mol. The summed E-state index contributed by atoms with van der Waals surface area (Å²) in [7, 11) is 0. The quantitative estimate of drug-likeness (QED) is 0.839. The molecule has 3 nitrogen and oxygen atoms in total. The molecule has 0 aliphatic carbocycles. The van der Waals surface area contributed by atoms with Crippen LogP contribution >= 0.6 is 0 Å². The van der Waals surface area contributed by atoms with Gasteiger partial charge in [0.1, 0.15) is 5.82 Å². The monoisotopic (exact) mass is 290 g/mol. The van der Waals surface area contributed by atoms with E-state index in [-0.39, 0.29) is 12.2 Å². The Morgan fingerprint density at radius 3 is 2.29 bits per heavy atom. The first kappa shape index (κ1) is 16.3. The Morgan fingerprint density at radius 1 is 1.19 bits per heavy atom. The third-order valence-corrected chi connectivity index (χ3v) is 4.26. The maximum absolute atomic E-state index is 5.88. The van der Waals surface area contributed by atoms with E-state index in [1.807, 2.05) is 0 Å². The highest BCUT2D eigenvalue weighted by atomic mass is 16.5. The number of anilines is 1. The number of aryl methyl sites for hydroxylation is 1. The van der Waals surface area contributed by atoms with E-state index in [1.165, 1.54) is 22.6 Å². The first-order chi connectivity index (χ1) is 9.96. The van der Waals surface area contributed by atoms with Gasteiger partial charge in [0.25, 0.3) is 0 Å². The van der Waals surface area contributed by atoms with Crippen LogP contribution in [0.4, 0.5) is 5.82 Å². The van der Waals surface area contributed by atoms with Gasteiger partial charge in [0.05, 0.1) is 12.2 Å². The minimum atomic E-state index is 0.271. The molecule has 118 valence electrons. The Bertz CT molecular complexity index is 474. The second kappa shape index (κ2) is 6.78. The van der Waals surface area contributed by atoms with Gasteiger partial charge in [-0.05, 0) is 49.8 Å². The van der Waals surface area contributed by atoms with E-state index < -0.39 is 0 Å². The van der Waals surface area contributed by atoms with Crippen molar-refractivity contribution in [1.82, 2.24) is 4.98 Å². The minimum Gasteiger partial charge on any atom is -0.372 e. The van der Waals surface area contributed by atoms with Crippen LogP contribution in [0.2, 0.25) is 0 Å². The van der Waals surface area contributed by atoms with Crippen molar-refractivity contribution in [2.75, 3.05) is 18.0 Å². The van der Waals surface area contributed by atoms with Gasteiger partial charge in [0, 0.05) is 18.8 Å². The molecule has 1 aromatic rings.